The van der Waals surface area contributed by atoms with Crippen molar-refractivity contribution < 1.29 is 61.9 Å². The number of esters is 5. The Balaban J connectivity index is 2.96. The number of carbonyl (C=O) groups excluding carboxylic acids is 6. The van der Waals surface area contributed by atoms with Gasteiger partial charge in [-0.2, -0.15) is 0 Å². The molecule has 1 amide bonds. The molecule has 1 heterocycles. The Morgan fingerprint density at radius 2 is 0.886 bits per heavy atom. The molecule has 0 spiro atoms. The Kier molecular flexibility index (Phi) is 39.7. The minimum atomic E-state index is -1.47. The molecule has 0 aliphatic carbocycles. The zero-order valence-electron chi connectivity index (χ0n) is 45.0. The van der Waals surface area contributed by atoms with Crippen LogP contribution in [0.3, 0.4) is 0 Å². The van der Waals surface area contributed by atoms with Crippen LogP contribution < -0.4 is 5.32 Å². The van der Waals surface area contributed by atoms with E-state index in [1.54, 1.807) is 6.08 Å². The number of nitrogens with one attached hydrogen (secondary N) is 1. The summed E-state index contributed by atoms with van der Waals surface area (Å²) < 4.78 is 40.1. The first-order valence-electron chi connectivity index (χ1n) is 27.8. The average Bonchev–Trinajstić information content (AvgIpc) is 3.30. The first-order chi connectivity index (χ1) is 33.8. The van der Waals surface area contributed by atoms with E-state index in [1.165, 1.54) is 162 Å². The molecule has 0 saturated carbocycles. The van der Waals surface area contributed by atoms with Gasteiger partial charge in [-0.05, 0) is 25.3 Å². The molecule has 1 aliphatic heterocycles. The molecular formula is C56H99NO13. The predicted octanol–water partition coefficient (Wildman–Crippen LogP) is 12.6. The standard InChI is InChI=1S/C56H99NO13/c1-8-10-12-14-16-18-20-22-23-24-25-26-27-29-31-33-35-37-39-41-52(63)57-49(50(66-45(4)59)40-38-36-34-32-30-28-21-19-17-15-13-11-9-2)42-65-56-55(69-48(7)62)54(68-47(6)61)53(67-46(5)60)51(70-56)43-64-44(3)58/h38,40,49-51,53-56H,8-37,39,41-43H2,1-7H3,(H,57,63)/b40-38+/t49-,50+,51+,53-,54?,55?,56+/m0/s1. The predicted molar refractivity (Wildman–Crippen MR) is 274 cm³/mol. The number of allylic oxidation sites excluding steroid dienone is 1. The third kappa shape index (κ3) is 34.7. The smallest absolute Gasteiger partial charge is 0.303 e. The van der Waals surface area contributed by atoms with Gasteiger partial charge in [-0.3, -0.25) is 28.8 Å². The molecule has 14 heteroatoms. The van der Waals surface area contributed by atoms with E-state index in [0.29, 0.717) is 6.42 Å². The van der Waals surface area contributed by atoms with E-state index in [2.05, 4.69) is 19.2 Å². The highest BCUT2D eigenvalue weighted by molar-refractivity contribution is 5.76. The topological polar surface area (TPSA) is 179 Å². The SMILES string of the molecule is CCCCCCCCCCCCC/C=C/[C@@H](OC(C)=O)[C@H](CO[C@@H]1O[C@H](COC(C)=O)[C@H](OC(C)=O)C(OC(C)=O)C1OC(C)=O)NC(=O)CCCCCCCCCCCCCCCCCCCCC. The highest BCUT2D eigenvalue weighted by Gasteiger charge is 2.53. The van der Waals surface area contributed by atoms with E-state index < -0.39 is 79.3 Å². The van der Waals surface area contributed by atoms with Gasteiger partial charge in [0.05, 0.1) is 12.6 Å². The molecule has 0 aromatic heterocycles. The summed E-state index contributed by atoms with van der Waals surface area (Å²) in [6, 6.07) is -0.919. The lowest BCUT2D eigenvalue weighted by molar-refractivity contribution is -0.309. The maximum absolute atomic E-state index is 13.6. The van der Waals surface area contributed by atoms with Crippen molar-refractivity contribution in [1.29, 1.82) is 0 Å². The number of unbranched alkanes of at least 4 members (excludes halogenated alkanes) is 29. The molecule has 0 aromatic rings. The zero-order valence-corrected chi connectivity index (χ0v) is 45.0. The summed E-state index contributed by atoms with van der Waals surface area (Å²) in [5.41, 5.74) is 0. The van der Waals surface area contributed by atoms with Crippen LogP contribution in [0.25, 0.3) is 0 Å². The van der Waals surface area contributed by atoms with Crippen molar-refractivity contribution in [1.82, 2.24) is 5.32 Å². The van der Waals surface area contributed by atoms with Gasteiger partial charge in [0.15, 0.2) is 24.6 Å². The highest BCUT2D eigenvalue weighted by Crippen LogP contribution is 2.30. The van der Waals surface area contributed by atoms with E-state index in [-0.39, 0.29) is 18.9 Å². The van der Waals surface area contributed by atoms with Crippen LogP contribution >= 0.6 is 0 Å². The normalized spacial score (nSPS) is 18.8. The second-order valence-electron chi connectivity index (χ2n) is 19.5. The van der Waals surface area contributed by atoms with E-state index in [0.717, 1.165) is 65.7 Å². The molecular weight excluding hydrogens is 895 g/mol. The van der Waals surface area contributed by atoms with Gasteiger partial charge < -0.3 is 38.5 Å². The average molecular weight is 994 g/mol. The van der Waals surface area contributed by atoms with Gasteiger partial charge in [-0.15, -0.1) is 0 Å². The molecule has 406 valence electrons. The van der Waals surface area contributed by atoms with Crippen molar-refractivity contribution in [2.45, 2.75) is 297 Å². The Morgan fingerprint density at radius 1 is 0.486 bits per heavy atom. The third-order valence-electron chi connectivity index (χ3n) is 12.7. The summed E-state index contributed by atoms with van der Waals surface area (Å²) in [5.74, 6) is -3.76. The largest absolute Gasteiger partial charge is 0.463 e. The Labute approximate surface area is 423 Å². The third-order valence-corrected chi connectivity index (χ3v) is 12.7. The van der Waals surface area contributed by atoms with Gasteiger partial charge in [-0.1, -0.05) is 200 Å². The Morgan fingerprint density at radius 3 is 1.30 bits per heavy atom. The molecule has 14 nitrogen and oxygen atoms in total. The number of hydrogen-bond donors (Lipinski definition) is 1. The maximum atomic E-state index is 13.6. The van der Waals surface area contributed by atoms with Crippen LogP contribution in [0.4, 0.5) is 0 Å². The summed E-state index contributed by atoms with van der Waals surface area (Å²) in [6.07, 6.45) is 34.1. The Bertz CT molecular complexity index is 1420. The van der Waals surface area contributed by atoms with Crippen molar-refractivity contribution in [3.8, 4) is 0 Å². The minimum Gasteiger partial charge on any atom is -0.463 e. The summed E-state index contributed by atoms with van der Waals surface area (Å²) in [4.78, 5) is 75.1. The fourth-order valence-corrected chi connectivity index (χ4v) is 8.99. The van der Waals surface area contributed by atoms with E-state index in [1.807, 2.05) is 6.08 Å². The van der Waals surface area contributed by atoms with E-state index >= 15 is 0 Å². The monoisotopic (exact) mass is 994 g/mol. The van der Waals surface area contributed by atoms with Gasteiger partial charge in [0, 0.05) is 41.0 Å². The molecule has 1 aliphatic rings. The maximum Gasteiger partial charge on any atom is 0.303 e. The molecule has 0 aromatic carbocycles. The highest BCUT2D eigenvalue weighted by atomic mass is 16.7. The van der Waals surface area contributed by atoms with Gasteiger partial charge in [-0.25, -0.2) is 0 Å². The van der Waals surface area contributed by atoms with Gasteiger partial charge in [0.1, 0.15) is 18.8 Å². The van der Waals surface area contributed by atoms with Gasteiger partial charge in [0.2, 0.25) is 5.91 Å². The van der Waals surface area contributed by atoms with Crippen molar-refractivity contribution in [3.63, 3.8) is 0 Å². The summed E-state index contributed by atoms with van der Waals surface area (Å²) in [7, 11) is 0. The fraction of sp³-hybridized carbons (Fsp3) is 0.857. The Hall–Kier alpha value is -3.52. The molecule has 1 fully saturated rings. The number of ether oxygens (including phenoxy) is 7. The van der Waals surface area contributed by atoms with Crippen molar-refractivity contribution in [3.05, 3.63) is 12.2 Å². The molecule has 1 N–H and O–H groups in total. The summed E-state index contributed by atoms with van der Waals surface area (Å²) >= 11 is 0. The number of hydrogen-bond acceptors (Lipinski definition) is 13. The summed E-state index contributed by atoms with van der Waals surface area (Å²) in [5, 5.41) is 3.02. The van der Waals surface area contributed by atoms with Crippen LogP contribution in [-0.2, 0) is 61.9 Å². The first kappa shape index (κ1) is 64.5. The minimum absolute atomic E-state index is 0.252. The number of carbonyl (C=O) groups is 6. The van der Waals surface area contributed by atoms with Gasteiger partial charge >= 0.3 is 29.8 Å². The number of rotatable bonds is 44. The number of amides is 1. The van der Waals surface area contributed by atoms with Crippen molar-refractivity contribution in [2.24, 2.45) is 0 Å². The molecule has 7 atom stereocenters. The van der Waals surface area contributed by atoms with E-state index in [4.69, 9.17) is 33.2 Å². The van der Waals surface area contributed by atoms with Crippen LogP contribution in [0.1, 0.15) is 254 Å². The fourth-order valence-electron chi connectivity index (χ4n) is 8.99. The molecule has 70 heavy (non-hydrogen) atoms. The first-order valence-corrected chi connectivity index (χ1v) is 27.8. The molecule has 1 rings (SSSR count). The van der Waals surface area contributed by atoms with Crippen molar-refractivity contribution in [2.75, 3.05) is 13.2 Å². The van der Waals surface area contributed by atoms with Crippen LogP contribution in [0.2, 0.25) is 0 Å². The second-order valence-corrected chi connectivity index (χ2v) is 19.5. The van der Waals surface area contributed by atoms with Crippen molar-refractivity contribution >= 4 is 35.8 Å². The quantitative estimate of drug-likeness (QED) is 0.0264. The lowest BCUT2D eigenvalue weighted by Gasteiger charge is -2.44. The summed E-state index contributed by atoms with van der Waals surface area (Å²) in [6.45, 7) is 9.69. The van der Waals surface area contributed by atoms with Crippen LogP contribution in [0.5, 0.6) is 0 Å². The van der Waals surface area contributed by atoms with E-state index in [9.17, 15) is 28.8 Å². The molecule has 0 radical (unpaired) electrons. The molecule has 0 bridgehead atoms. The van der Waals surface area contributed by atoms with Crippen LogP contribution in [0, 0.1) is 0 Å². The van der Waals surface area contributed by atoms with Gasteiger partial charge in [0.25, 0.3) is 0 Å². The lowest BCUT2D eigenvalue weighted by Crippen LogP contribution is -2.63. The van der Waals surface area contributed by atoms with Crippen LogP contribution in [-0.4, -0.2) is 91.8 Å². The molecule has 1 saturated heterocycles. The second kappa shape index (κ2) is 43.1. The lowest BCUT2D eigenvalue weighted by atomic mass is 9.98. The zero-order chi connectivity index (χ0) is 51.6. The van der Waals surface area contributed by atoms with Crippen LogP contribution in [0.15, 0.2) is 12.2 Å². The molecule has 2 unspecified atom stereocenters.